The van der Waals surface area contributed by atoms with E-state index in [1.54, 1.807) is 19.4 Å². The number of benzene rings is 1. The molecule has 4 nitrogen and oxygen atoms in total. The molecule has 6 heteroatoms. The Morgan fingerprint density at radius 1 is 1.53 bits per heavy atom. The quantitative estimate of drug-likeness (QED) is 0.818. The minimum absolute atomic E-state index is 0.0237. The molecule has 0 saturated carbocycles. The van der Waals surface area contributed by atoms with Crippen molar-refractivity contribution in [1.82, 2.24) is 10.6 Å². The summed E-state index contributed by atoms with van der Waals surface area (Å²) < 4.78 is 18.7. The fourth-order valence-corrected chi connectivity index (χ4v) is 2.61. The van der Waals surface area contributed by atoms with Crippen molar-refractivity contribution in [3.05, 3.63) is 29.6 Å². The predicted molar refractivity (Wildman–Crippen MR) is 73.1 cm³/mol. The molecule has 1 aromatic carbocycles. The lowest BCUT2D eigenvalue weighted by atomic mass is 10.1. The van der Waals surface area contributed by atoms with Crippen LogP contribution >= 0.6 is 11.8 Å². The first-order chi connectivity index (χ1) is 9.15. The van der Waals surface area contributed by atoms with Crippen LogP contribution in [-0.2, 0) is 4.74 Å². The number of amides is 1. The smallest absolute Gasteiger partial charge is 0.251 e. The summed E-state index contributed by atoms with van der Waals surface area (Å²) in [6.07, 6.45) is 1.76. The zero-order chi connectivity index (χ0) is 13.8. The normalized spacial score (nSPS) is 22.5. The number of carbonyl (C=O) groups is 1. The highest BCUT2D eigenvalue weighted by molar-refractivity contribution is 7.98. The van der Waals surface area contributed by atoms with Crippen molar-refractivity contribution in [3.63, 3.8) is 0 Å². The summed E-state index contributed by atoms with van der Waals surface area (Å²) in [6, 6.07) is 4.33. The van der Waals surface area contributed by atoms with Gasteiger partial charge in [0.05, 0.1) is 12.1 Å². The summed E-state index contributed by atoms with van der Waals surface area (Å²) in [7, 11) is 1.63. The lowest BCUT2D eigenvalue weighted by molar-refractivity contribution is 0.0779. The molecule has 0 aliphatic carbocycles. The van der Waals surface area contributed by atoms with Gasteiger partial charge in [-0.05, 0) is 24.5 Å². The van der Waals surface area contributed by atoms with Crippen LogP contribution in [0.4, 0.5) is 4.39 Å². The topological polar surface area (TPSA) is 50.4 Å². The number of ether oxygens (including phenoxy) is 1. The van der Waals surface area contributed by atoms with E-state index in [2.05, 4.69) is 10.6 Å². The van der Waals surface area contributed by atoms with Crippen LogP contribution in [0, 0.1) is 5.82 Å². The van der Waals surface area contributed by atoms with Gasteiger partial charge < -0.3 is 15.4 Å². The molecule has 19 heavy (non-hydrogen) atoms. The minimum Gasteiger partial charge on any atom is -0.378 e. The van der Waals surface area contributed by atoms with Crippen LogP contribution in [0.2, 0.25) is 0 Å². The molecule has 0 aromatic heterocycles. The molecule has 1 aromatic rings. The first-order valence-electron chi connectivity index (χ1n) is 6.03. The number of nitrogens with one attached hydrogen (secondary N) is 2. The summed E-state index contributed by atoms with van der Waals surface area (Å²) in [6.45, 7) is 1.40. The van der Waals surface area contributed by atoms with Gasteiger partial charge in [0.25, 0.3) is 5.91 Å². The lowest BCUT2D eigenvalue weighted by Gasteiger charge is -2.18. The SMILES string of the molecule is CO[C@H]1CNC[C@H]1NC(=O)c1ccc(F)c(SC)c1. The van der Waals surface area contributed by atoms with E-state index in [9.17, 15) is 9.18 Å². The van der Waals surface area contributed by atoms with E-state index >= 15 is 0 Å². The van der Waals surface area contributed by atoms with Crippen LogP contribution in [0.15, 0.2) is 23.1 Å². The highest BCUT2D eigenvalue weighted by Gasteiger charge is 2.28. The molecule has 2 N–H and O–H groups in total. The molecular formula is C13H17FN2O2S. The standard InChI is InChI=1S/C13H17FN2O2S/c1-18-11-7-15-6-10(11)16-13(17)8-3-4-9(14)12(5-8)19-2/h3-5,10-11,15H,6-7H2,1-2H3,(H,16,17)/t10-,11+/m1/s1. The van der Waals surface area contributed by atoms with Crippen LogP contribution in [-0.4, -0.2) is 44.5 Å². The zero-order valence-corrected chi connectivity index (χ0v) is 11.7. The van der Waals surface area contributed by atoms with Gasteiger partial charge in [0.2, 0.25) is 0 Å². The largest absolute Gasteiger partial charge is 0.378 e. The number of hydrogen-bond donors (Lipinski definition) is 2. The van der Waals surface area contributed by atoms with Crippen LogP contribution in [0.1, 0.15) is 10.4 Å². The van der Waals surface area contributed by atoms with E-state index in [0.717, 1.165) is 6.54 Å². The molecule has 2 atom stereocenters. The summed E-state index contributed by atoms with van der Waals surface area (Å²) in [4.78, 5) is 12.6. The Kier molecular flexibility index (Phi) is 4.79. The van der Waals surface area contributed by atoms with Crippen molar-refractivity contribution in [3.8, 4) is 0 Å². The van der Waals surface area contributed by atoms with Crippen molar-refractivity contribution in [2.24, 2.45) is 0 Å². The molecule has 0 radical (unpaired) electrons. The van der Waals surface area contributed by atoms with Crippen molar-refractivity contribution < 1.29 is 13.9 Å². The number of methoxy groups -OCH3 is 1. The Morgan fingerprint density at radius 3 is 3.00 bits per heavy atom. The predicted octanol–water partition coefficient (Wildman–Crippen LogP) is 1.26. The fraction of sp³-hybridized carbons (Fsp3) is 0.462. The molecule has 0 unspecified atom stereocenters. The Hall–Kier alpha value is -1.11. The molecule has 1 saturated heterocycles. The van der Waals surface area contributed by atoms with Crippen molar-refractivity contribution in [2.75, 3.05) is 26.5 Å². The molecule has 104 valence electrons. The average Bonchev–Trinajstić information content (AvgIpc) is 2.86. The summed E-state index contributed by atoms with van der Waals surface area (Å²) in [5.41, 5.74) is 0.465. The number of rotatable bonds is 4. The van der Waals surface area contributed by atoms with Crippen LogP contribution in [0.25, 0.3) is 0 Å². The molecule has 1 aliphatic heterocycles. The van der Waals surface area contributed by atoms with Gasteiger partial charge in [0.1, 0.15) is 5.82 Å². The van der Waals surface area contributed by atoms with Gasteiger partial charge in [-0.1, -0.05) is 0 Å². The van der Waals surface area contributed by atoms with E-state index < -0.39 is 0 Å². The van der Waals surface area contributed by atoms with Crippen molar-refractivity contribution in [2.45, 2.75) is 17.0 Å². The van der Waals surface area contributed by atoms with Crippen LogP contribution < -0.4 is 10.6 Å². The Morgan fingerprint density at radius 2 is 2.32 bits per heavy atom. The Balaban J connectivity index is 2.07. The molecule has 1 amide bonds. The van der Waals surface area contributed by atoms with E-state index in [-0.39, 0.29) is 23.9 Å². The van der Waals surface area contributed by atoms with Gasteiger partial charge >= 0.3 is 0 Å². The third-order valence-corrected chi connectivity index (χ3v) is 3.94. The summed E-state index contributed by atoms with van der Waals surface area (Å²) >= 11 is 1.28. The van der Waals surface area contributed by atoms with Gasteiger partial charge in [0, 0.05) is 30.7 Å². The maximum absolute atomic E-state index is 13.4. The second kappa shape index (κ2) is 6.36. The molecule has 0 spiro atoms. The highest BCUT2D eigenvalue weighted by Crippen LogP contribution is 2.20. The zero-order valence-electron chi connectivity index (χ0n) is 10.9. The van der Waals surface area contributed by atoms with E-state index in [0.29, 0.717) is 17.0 Å². The molecular weight excluding hydrogens is 267 g/mol. The van der Waals surface area contributed by atoms with Gasteiger partial charge in [-0.3, -0.25) is 4.79 Å². The number of hydrogen-bond acceptors (Lipinski definition) is 4. The van der Waals surface area contributed by atoms with E-state index in [4.69, 9.17) is 4.74 Å². The Labute approximate surface area is 116 Å². The minimum atomic E-state index is -0.304. The highest BCUT2D eigenvalue weighted by atomic mass is 32.2. The average molecular weight is 284 g/mol. The second-order valence-electron chi connectivity index (χ2n) is 4.36. The molecule has 1 aliphatic rings. The van der Waals surface area contributed by atoms with Gasteiger partial charge in [0.15, 0.2) is 0 Å². The molecule has 1 heterocycles. The third kappa shape index (κ3) is 3.26. The summed E-state index contributed by atoms with van der Waals surface area (Å²) in [5, 5.41) is 6.07. The molecule has 1 fully saturated rings. The first kappa shape index (κ1) is 14.3. The Bertz CT molecular complexity index is 470. The maximum atomic E-state index is 13.4. The van der Waals surface area contributed by atoms with Crippen LogP contribution in [0.5, 0.6) is 0 Å². The van der Waals surface area contributed by atoms with Gasteiger partial charge in [-0.2, -0.15) is 0 Å². The number of thioether (sulfide) groups is 1. The van der Waals surface area contributed by atoms with Crippen LogP contribution in [0.3, 0.4) is 0 Å². The summed E-state index contributed by atoms with van der Waals surface area (Å²) in [5.74, 6) is -0.507. The number of halogens is 1. The van der Waals surface area contributed by atoms with Gasteiger partial charge in [-0.15, -0.1) is 11.8 Å². The molecule has 0 bridgehead atoms. The van der Waals surface area contributed by atoms with E-state index in [1.165, 1.54) is 23.9 Å². The third-order valence-electron chi connectivity index (χ3n) is 3.19. The monoisotopic (exact) mass is 284 g/mol. The van der Waals surface area contributed by atoms with Crippen molar-refractivity contribution >= 4 is 17.7 Å². The van der Waals surface area contributed by atoms with Gasteiger partial charge in [-0.25, -0.2) is 4.39 Å². The maximum Gasteiger partial charge on any atom is 0.251 e. The first-order valence-corrected chi connectivity index (χ1v) is 7.26. The van der Waals surface area contributed by atoms with E-state index in [1.807, 2.05) is 0 Å². The second-order valence-corrected chi connectivity index (χ2v) is 5.21. The van der Waals surface area contributed by atoms with Crippen molar-refractivity contribution in [1.29, 1.82) is 0 Å². The lowest BCUT2D eigenvalue weighted by Crippen LogP contribution is -2.43. The fourth-order valence-electron chi connectivity index (χ4n) is 2.10. The molecule has 2 rings (SSSR count). The number of carbonyl (C=O) groups excluding carboxylic acids is 1.